The van der Waals surface area contributed by atoms with Gasteiger partial charge in [-0.05, 0) is 24.6 Å². The summed E-state index contributed by atoms with van der Waals surface area (Å²) in [5.74, 6) is -1.31. The van der Waals surface area contributed by atoms with Crippen molar-refractivity contribution in [2.24, 2.45) is 0 Å². The Balaban J connectivity index is 1.85. The fraction of sp³-hybridized carbons (Fsp3) is 0.389. The molecule has 1 aliphatic rings. The number of hydrogen-bond donors (Lipinski definition) is 2. The molecule has 0 aliphatic carbocycles. The Bertz CT molecular complexity index is 815. The van der Waals surface area contributed by atoms with E-state index in [1.165, 1.54) is 12.4 Å². The van der Waals surface area contributed by atoms with Gasteiger partial charge in [-0.1, -0.05) is 19.1 Å². The highest BCUT2D eigenvalue weighted by atomic mass is 19.3. The predicted octanol–water partition coefficient (Wildman–Crippen LogP) is 3.20. The SMILES string of the molecule is CC1NC(=O)CC(c2cc(C(C)c3ccc(C(F)F)c(F)c3)ncn2)N1. The maximum atomic E-state index is 13.9. The minimum Gasteiger partial charge on any atom is -0.341 e. The van der Waals surface area contributed by atoms with E-state index in [9.17, 15) is 18.0 Å². The number of hydrogen-bond acceptors (Lipinski definition) is 4. The summed E-state index contributed by atoms with van der Waals surface area (Å²) >= 11 is 0. The van der Waals surface area contributed by atoms with Crippen molar-refractivity contribution >= 4 is 5.91 Å². The van der Waals surface area contributed by atoms with E-state index >= 15 is 0 Å². The molecule has 1 aromatic heterocycles. The molecule has 2 aromatic rings. The molecule has 1 saturated heterocycles. The van der Waals surface area contributed by atoms with Gasteiger partial charge in [0.25, 0.3) is 6.43 Å². The van der Waals surface area contributed by atoms with Crippen LogP contribution in [0.5, 0.6) is 0 Å². The normalized spacial score (nSPS) is 21.5. The Labute approximate surface area is 149 Å². The number of carbonyl (C=O) groups excluding carboxylic acids is 1. The average molecular weight is 364 g/mol. The van der Waals surface area contributed by atoms with Crippen molar-refractivity contribution in [3.8, 4) is 0 Å². The molecular formula is C18H19F3N4O. The lowest BCUT2D eigenvalue weighted by Crippen LogP contribution is -2.51. The zero-order valence-electron chi connectivity index (χ0n) is 14.3. The van der Waals surface area contributed by atoms with Crippen molar-refractivity contribution in [2.45, 2.75) is 44.8 Å². The van der Waals surface area contributed by atoms with Gasteiger partial charge in [0.2, 0.25) is 5.91 Å². The molecule has 3 unspecified atom stereocenters. The highest BCUT2D eigenvalue weighted by molar-refractivity contribution is 5.77. The average Bonchev–Trinajstić information content (AvgIpc) is 2.60. The van der Waals surface area contributed by atoms with Crippen LogP contribution in [-0.4, -0.2) is 22.0 Å². The van der Waals surface area contributed by atoms with Gasteiger partial charge in [0.1, 0.15) is 12.1 Å². The third-order valence-electron chi connectivity index (χ3n) is 4.49. The monoisotopic (exact) mass is 364 g/mol. The molecule has 1 fully saturated rings. The summed E-state index contributed by atoms with van der Waals surface area (Å²) in [5, 5.41) is 6.00. The number of nitrogens with one attached hydrogen (secondary N) is 2. The van der Waals surface area contributed by atoms with E-state index in [4.69, 9.17) is 0 Å². The molecule has 0 spiro atoms. The molecule has 3 atom stereocenters. The van der Waals surface area contributed by atoms with Crippen molar-refractivity contribution in [3.63, 3.8) is 0 Å². The maximum Gasteiger partial charge on any atom is 0.266 e. The lowest BCUT2D eigenvalue weighted by Gasteiger charge is -2.29. The molecule has 2 heterocycles. The van der Waals surface area contributed by atoms with Crippen LogP contribution in [0.15, 0.2) is 30.6 Å². The van der Waals surface area contributed by atoms with Crippen LogP contribution in [0.25, 0.3) is 0 Å². The molecule has 138 valence electrons. The minimum atomic E-state index is -2.85. The van der Waals surface area contributed by atoms with Crippen molar-refractivity contribution in [2.75, 3.05) is 0 Å². The molecular weight excluding hydrogens is 345 g/mol. The van der Waals surface area contributed by atoms with Gasteiger partial charge >= 0.3 is 0 Å². The summed E-state index contributed by atoms with van der Waals surface area (Å²) in [6.45, 7) is 3.65. The van der Waals surface area contributed by atoms with E-state index in [0.29, 0.717) is 17.0 Å². The van der Waals surface area contributed by atoms with Gasteiger partial charge in [-0.15, -0.1) is 0 Å². The molecule has 1 aliphatic heterocycles. The summed E-state index contributed by atoms with van der Waals surface area (Å²) < 4.78 is 39.3. The molecule has 8 heteroatoms. The smallest absolute Gasteiger partial charge is 0.266 e. The van der Waals surface area contributed by atoms with E-state index < -0.39 is 17.8 Å². The van der Waals surface area contributed by atoms with E-state index in [2.05, 4.69) is 20.6 Å². The van der Waals surface area contributed by atoms with Gasteiger partial charge in [-0.3, -0.25) is 10.1 Å². The summed E-state index contributed by atoms with van der Waals surface area (Å²) in [6, 6.07) is 5.20. The summed E-state index contributed by atoms with van der Waals surface area (Å²) in [7, 11) is 0. The summed E-state index contributed by atoms with van der Waals surface area (Å²) in [5.41, 5.74) is 1.21. The lowest BCUT2D eigenvalue weighted by atomic mass is 9.94. The lowest BCUT2D eigenvalue weighted by molar-refractivity contribution is -0.124. The zero-order chi connectivity index (χ0) is 18.8. The first-order valence-corrected chi connectivity index (χ1v) is 8.30. The fourth-order valence-corrected chi connectivity index (χ4v) is 3.05. The third-order valence-corrected chi connectivity index (χ3v) is 4.49. The number of rotatable bonds is 4. The number of nitrogens with zero attached hydrogens (tertiary/aromatic N) is 2. The third kappa shape index (κ3) is 3.85. The first-order valence-electron chi connectivity index (χ1n) is 8.30. The summed E-state index contributed by atoms with van der Waals surface area (Å²) in [4.78, 5) is 20.2. The number of halogens is 3. The standard InChI is InChI=1S/C18H19F3N4O/c1-9(11-3-4-12(18(20)21)13(19)5-11)14-6-15(23-8-22-14)16-7-17(26)25-10(2)24-16/h3-6,8-10,16,18,24H,7H2,1-2H3,(H,25,26). The van der Waals surface area contributed by atoms with E-state index in [0.717, 1.165) is 12.1 Å². The molecule has 26 heavy (non-hydrogen) atoms. The molecule has 1 amide bonds. The second-order valence-corrected chi connectivity index (χ2v) is 6.38. The Morgan fingerprint density at radius 3 is 2.65 bits per heavy atom. The van der Waals surface area contributed by atoms with Crippen molar-refractivity contribution in [1.29, 1.82) is 0 Å². The molecule has 1 aromatic carbocycles. The highest BCUT2D eigenvalue weighted by Gasteiger charge is 2.26. The Morgan fingerprint density at radius 1 is 1.23 bits per heavy atom. The van der Waals surface area contributed by atoms with Crippen LogP contribution in [0, 0.1) is 5.82 Å². The van der Waals surface area contributed by atoms with Gasteiger partial charge in [-0.25, -0.2) is 23.1 Å². The van der Waals surface area contributed by atoms with Crippen LogP contribution < -0.4 is 10.6 Å². The Morgan fingerprint density at radius 2 is 2.00 bits per heavy atom. The highest BCUT2D eigenvalue weighted by Crippen LogP contribution is 2.29. The van der Waals surface area contributed by atoms with Gasteiger partial charge in [0.15, 0.2) is 0 Å². The molecule has 2 N–H and O–H groups in total. The fourth-order valence-electron chi connectivity index (χ4n) is 3.05. The van der Waals surface area contributed by atoms with Crippen LogP contribution in [0.1, 0.15) is 61.2 Å². The van der Waals surface area contributed by atoms with E-state index in [1.54, 1.807) is 6.07 Å². The van der Waals surface area contributed by atoms with Crippen LogP contribution in [-0.2, 0) is 4.79 Å². The van der Waals surface area contributed by atoms with Gasteiger partial charge < -0.3 is 5.32 Å². The molecule has 0 saturated carbocycles. The maximum absolute atomic E-state index is 13.9. The molecule has 0 radical (unpaired) electrons. The molecule has 3 rings (SSSR count). The van der Waals surface area contributed by atoms with Crippen LogP contribution in [0.3, 0.4) is 0 Å². The van der Waals surface area contributed by atoms with Crippen LogP contribution >= 0.6 is 0 Å². The second-order valence-electron chi connectivity index (χ2n) is 6.38. The molecule has 5 nitrogen and oxygen atoms in total. The predicted molar refractivity (Wildman–Crippen MR) is 89.0 cm³/mol. The minimum absolute atomic E-state index is 0.0703. The zero-order valence-corrected chi connectivity index (χ0v) is 14.3. The van der Waals surface area contributed by atoms with Crippen molar-refractivity contribution in [3.05, 3.63) is 58.9 Å². The van der Waals surface area contributed by atoms with Crippen LogP contribution in [0.4, 0.5) is 13.2 Å². The molecule has 0 bridgehead atoms. The summed E-state index contributed by atoms with van der Waals surface area (Å²) in [6.07, 6.45) is -1.37. The largest absolute Gasteiger partial charge is 0.341 e. The Kier molecular flexibility index (Phi) is 5.22. The number of benzene rings is 1. The van der Waals surface area contributed by atoms with Crippen molar-refractivity contribution < 1.29 is 18.0 Å². The first kappa shape index (κ1) is 18.3. The quantitative estimate of drug-likeness (QED) is 0.874. The number of aromatic nitrogens is 2. The topological polar surface area (TPSA) is 66.9 Å². The van der Waals surface area contributed by atoms with E-state index in [-0.39, 0.29) is 30.5 Å². The number of amides is 1. The van der Waals surface area contributed by atoms with Crippen molar-refractivity contribution in [1.82, 2.24) is 20.6 Å². The number of carbonyl (C=O) groups is 1. The first-order chi connectivity index (χ1) is 12.3. The van der Waals surface area contributed by atoms with Crippen LogP contribution in [0.2, 0.25) is 0 Å². The number of alkyl halides is 2. The van der Waals surface area contributed by atoms with Gasteiger partial charge in [-0.2, -0.15) is 0 Å². The Hall–Kier alpha value is -2.48. The van der Waals surface area contributed by atoms with Gasteiger partial charge in [0.05, 0.1) is 29.2 Å². The van der Waals surface area contributed by atoms with Gasteiger partial charge in [0, 0.05) is 12.3 Å². The van der Waals surface area contributed by atoms with E-state index in [1.807, 2.05) is 13.8 Å². The second kappa shape index (κ2) is 7.41.